The number of thioether (sulfide) groups is 1. The summed E-state index contributed by atoms with van der Waals surface area (Å²) in [5.74, 6) is 0.960. The summed E-state index contributed by atoms with van der Waals surface area (Å²) in [5, 5.41) is 13.4. The summed E-state index contributed by atoms with van der Waals surface area (Å²) in [7, 11) is 0. The lowest BCUT2D eigenvalue weighted by Gasteiger charge is -2.13. The molecule has 0 unspecified atom stereocenters. The molecule has 0 saturated carbocycles. The smallest absolute Gasteiger partial charge is 0.269 e. The number of amides is 1. The lowest BCUT2D eigenvalue weighted by Crippen LogP contribution is -2.34. The van der Waals surface area contributed by atoms with Crippen LogP contribution >= 0.6 is 11.8 Å². The molecule has 0 spiro atoms. The molecule has 1 amide bonds. The van der Waals surface area contributed by atoms with Crippen molar-refractivity contribution < 1.29 is 9.72 Å². The van der Waals surface area contributed by atoms with Crippen molar-refractivity contribution in [2.45, 2.75) is 25.8 Å². The molecule has 0 saturated heterocycles. The fraction of sp³-hybridized carbons (Fsp3) is 0.462. The summed E-state index contributed by atoms with van der Waals surface area (Å²) in [6.07, 6.45) is 3.22. The first-order valence-electron chi connectivity index (χ1n) is 6.04. The van der Waals surface area contributed by atoms with Crippen molar-refractivity contribution in [3.05, 3.63) is 39.9 Å². The second-order valence-electron chi connectivity index (χ2n) is 4.35. The van der Waals surface area contributed by atoms with Crippen LogP contribution in [0.3, 0.4) is 0 Å². The third kappa shape index (κ3) is 5.74. The van der Waals surface area contributed by atoms with Gasteiger partial charge in [-0.3, -0.25) is 14.9 Å². The van der Waals surface area contributed by atoms with E-state index in [1.54, 1.807) is 23.9 Å². The fourth-order valence-corrected chi connectivity index (χ4v) is 2.20. The van der Waals surface area contributed by atoms with Crippen molar-refractivity contribution in [3.63, 3.8) is 0 Å². The van der Waals surface area contributed by atoms with Crippen LogP contribution in [0.25, 0.3) is 0 Å². The van der Waals surface area contributed by atoms with Crippen LogP contribution in [0.15, 0.2) is 24.3 Å². The van der Waals surface area contributed by atoms with Gasteiger partial charge < -0.3 is 5.32 Å². The molecular formula is C13H18N2O3S. The van der Waals surface area contributed by atoms with Gasteiger partial charge in [0.25, 0.3) is 5.69 Å². The summed E-state index contributed by atoms with van der Waals surface area (Å²) >= 11 is 1.75. The highest BCUT2D eigenvalue weighted by Crippen LogP contribution is 2.12. The molecule has 19 heavy (non-hydrogen) atoms. The largest absolute Gasteiger partial charge is 0.353 e. The van der Waals surface area contributed by atoms with Gasteiger partial charge in [-0.15, -0.1) is 0 Å². The third-order valence-corrected chi connectivity index (χ3v) is 3.32. The van der Waals surface area contributed by atoms with Gasteiger partial charge in [0.2, 0.25) is 5.91 Å². The second kappa shape index (κ2) is 7.78. The number of nitrogens with one attached hydrogen (secondary N) is 1. The number of hydrogen-bond donors (Lipinski definition) is 1. The Labute approximate surface area is 116 Å². The van der Waals surface area contributed by atoms with Crippen LogP contribution < -0.4 is 5.32 Å². The number of nitro benzene ring substituents is 1. The number of nitrogens with zero attached hydrogens (tertiary/aromatic N) is 1. The van der Waals surface area contributed by atoms with E-state index in [9.17, 15) is 14.9 Å². The topological polar surface area (TPSA) is 72.2 Å². The molecule has 0 aliphatic carbocycles. The van der Waals surface area contributed by atoms with Crippen LogP contribution in [0, 0.1) is 10.1 Å². The Morgan fingerprint density at radius 2 is 2.05 bits per heavy atom. The van der Waals surface area contributed by atoms with Gasteiger partial charge >= 0.3 is 0 Å². The molecule has 0 radical (unpaired) electrons. The highest BCUT2D eigenvalue weighted by atomic mass is 32.2. The first-order chi connectivity index (χ1) is 9.02. The zero-order valence-corrected chi connectivity index (χ0v) is 11.9. The average molecular weight is 282 g/mol. The average Bonchev–Trinajstić information content (AvgIpc) is 2.36. The summed E-state index contributed by atoms with van der Waals surface area (Å²) in [5.41, 5.74) is 0.817. The first-order valence-corrected chi connectivity index (χ1v) is 7.44. The first kappa shape index (κ1) is 15.5. The quantitative estimate of drug-likeness (QED) is 0.615. The van der Waals surface area contributed by atoms with Crippen molar-refractivity contribution in [1.82, 2.24) is 5.32 Å². The van der Waals surface area contributed by atoms with Gasteiger partial charge in [-0.25, -0.2) is 0 Å². The van der Waals surface area contributed by atoms with E-state index < -0.39 is 4.92 Å². The van der Waals surface area contributed by atoms with E-state index in [4.69, 9.17) is 0 Å². The van der Waals surface area contributed by atoms with Crippen LogP contribution in [0.2, 0.25) is 0 Å². The highest BCUT2D eigenvalue weighted by Gasteiger charge is 2.09. The van der Waals surface area contributed by atoms with Crippen LogP contribution in [-0.4, -0.2) is 28.9 Å². The molecule has 5 nitrogen and oxygen atoms in total. The van der Waals surface area contributed by atoms with E-state index >= 15 is 0 Å². The van der Waals surface area contributed by atoms with Crippen molar-refractivity contribution in [2.24, 2.45) is 0 Å². The Kier molecular flexibility index (Phi) is 6.35. The molecular weight excluding hydrogens is 264 g/mol. The number of carbonyl (C=O) groups excluding carboxylic acids is 1. The number of benzene rings is 1. The Bertz CT molecular complexity index is 434. The number of nitro groups is 1. The summed E-state index contributed by atoms with van der Waals surface area (Å²) in [6, 6.07) is 6.21. The maximum atomic E-state index is 11.8. The minimum absolute atomic E-state index is 0.0393. The molecule has 0 aromatic heterocycles. The molecule has 1 atom stereocenters. The molecule has 1 rings (SSSR count). The Morgan fingerprint density at radius 3 is 2.58 bits per heavy atom. The van der Waals surface area contributed by atoms with Crippen LogP contribution in [0.4, 0.5) is 5.69 Å². The molecule has 0 heterocycles. The highest BCUT2D eigenvalue weighted by molar-refractivity contribution is 7.98. The maximum absolute atomic E-state index is 11.8. The Balaban J connectivity index is 2.45. The summed E-state index contributed by atoms with van der Waals surface area (Å²) in [4.78, 5) is 21.8. The minimum Gasteiger partial charge on any atom is -0.353 e. The number of rotatable bonds is 7. The third-order valence-electron chi connectivity index (χ3n) is 2.67. The van der Waals surface area contributed by atoms with Gasteiger partial charge in [0, 0.05) is 18.2 Å². The molecule has 1 aromatic rings. The molecule has 0 bridgehead atoms. The molecule has 0 aliphatic rings. The Morgan fingerprint density at radius 1 is 1.42 bits per heavy atom. The molecule has 0 aliphatic heterocycles. The van der Waals surface area contributed by atoms with Gasteiger partial charge in [0.15, 0.2) is 0 Å². The predicted molar refractivity (Wildman–Crippen MR) is 77.4 cm³/mol. The van der Waals surface area contributed by atoms with Gasteiger partial charge in [-0.1, -0.05) is 12.1 Å². The monoisotopic (exact) mass is 282 g/mol. The van der Waals surface area contributed by atoms with Gasteiger partial charge in [-0.05, 0) is 30.9 Å². The van der Waals surface area contributed by atoms with Gasteiger partial charge in [0.1, 0.15) is 0 Å². The van der Waals surface area contributed by atoms with E-state index in [1.165, 1.54) is 12.1 Å². The van der Waals surface area contributed by atoms with Crippen molar-refractivity contribution in [3.8, 4) is 0 Å². The zero-order valence-electron chi connectivity index (χ0n) is 11.1. The number of hydrogen-bond acceptors (Lipinski definition) is 4. The minimum atomic E-state index is -0.450. The van der Waals surface area contributed by atoms with Crippen molar-refractivity contribution in [2.75, 3.05) is 12.0 Å². The van der Waals surface area contributed by atoms with E-state index in [2.05, 4.69) is 5.32 Å². The van der Waals surface area contributed by atoms with Gasteiger partial charge in [0.05, 0.1) is 11.3 Å². The molecule has 6 heteroatoms. The van der Waals surface area contributed by atoms with Crippen LogP contribution in [-0.2, 0) is 11.2 Å². The number of carbonyl (C=O) groups is 1. The molecule has 1 N–H and O–H groups in total. The molecule has 104 valence electrons. The summed E-state index contributed by atoms with van der Waals surface area (Å²) in [6.45, 7) is 1.98. The van der Waals surface area contributed by atoms with E-state index in [1.807, 2.05) is 13.2 Å². The van der Waals surface area contributed by atoms with Crippen LogP contribution in [0.1, 0.15) is 18.9 Å². The fourth-order valence-electron chi connectivity index (χ4n) is 1.61. The standard InChI is InChI=1S/C13H18N2O3S/c1-10(7-8-19-2)14-13(16)9-11-3-5-12(6-4-11)15(17)18/h3-6,10H,7-9H2,1-2H3,(H,14,16)/t10-/m1/s1. The van der Waals surface area contributed by atoms with Crippen LogP contribution in [0.5, 0.6) is 0 Å². The zero-order chi connectivity index (χ0) is 14.3. The Hall–Kier alpha value is -1.56. The SMILES string of the molecule is CSCC[C@@H](C)NC(=O)Cc1ccc([N+](=O)[O-])cc1. The summed E-state index contributed by atoms with van der Waals surface area (Å²) < 4.78 is 0. The van der Waals surface area contributed by atoms with Gasteiger partial charge in [-0.2, -0.15) is 11.8 Å². The van der Waals surface area contributed by atoms with E-state index in [-0.39, 0.29) is 24.1 Å². The van der Waals surface area contributed by atoms with Crippen molar-refractivity contribution in [1.29, 1.82) is 0 Å². The maximum Gasteiger partial charge on any atom is 0.269 e. The van der Waals surface area contributed by atoms with Crippen molar-refractivity contribution >= 4 is 23.4 Å². The lowest BCUT2D eigenvalue weighted by atomic mass is 10.1. The van der Waals surface area contributed by atoms with E-state index in [0.29, 0.717) is 0 Å². The lowest BCUT2D eigenvalue weighted by molar-refractivity contribution is -0.384. The normalized spacial score (nSPS) is 11.9. The second-order valence-corrected chi connectivity index (χ2v) is 5.34. The predicted octanol–water partition coefficient (Wildman–Crippen LogP) is 2.40. The van der Waals surface area contributed by atoms with E-state index in [0.717, 1.165) is 17.7 Å². The molecule has 0 fully saturated rings. The number of non-ortho nitro benzene ring substituents is 1. The molecule has 1 aromatic carbocycles.